The highest BCUT2D eigenvalue weighted by molar-refractivity contribution is 9.10. The Labute approximate surface area is 123 Å². The van der Waals surface area contributed by atoms with Crippen LogP contribution in [-0.2, 0) is 6.42 Å². The van der Waals surface area contributed by atoms with Crippen molar-refractivity contribution in [2.75, 3.05) is 5.73 Å². The summed E-state index contributed by atoms with van der Waals surface area (Å²) in [5.41, 5.74) is 8.23. The van der Waals surface area contributed by atoms with Crippen LogP contribution in [0.3, 0.4) is 0 Å². The third kappa shape index (κ3) is 2.56. The number of aromatic nitrogens is 1. The van der Waals surface area contributed by atoms with Crippen molar-refractivity contribution in [2.24, 2.45) is 0 Å². The zero-order valence-electron chi connectivity index (χ0n) is 9.62. The molecule has 0 saturated heterocycles. The van der Waals surface area contributed by atoms with Crippen LogP contribution in [0, 0.1) is 0 Å². The Hall–Kier alpha value is -0.580. The topological polar surface area (TPSA) is 38.9 Å². The standard InChI is InChI=1S/C13H12BrClN2S/c14-9-4-1-7(5-10(9)15)6-11-12(8-2-3-8)17-13(16)18-11/h1,4-5,8H,2-3,6H2,(H2,16,17). The van der Waals surface area contributed by atoms with Gasteiger partial charge in [-0.15, -0.1) is 11.3 Å². The molecule has 94 valence electrons. The lowest BCUT2D eigenvalue weighted by Gasteiger charge is -2.03. The Kier molecular flexibility index (Phi) is 3.34. The smallest absolute Gasteiger partial charge is 0.180 e. The van der Waals surface area contributed by atoms with Crippen LogP contribution in [0.25, 0.3) is 0 Å². The normalized spacial score (nSPS) is 15.0. The summed E-state index contributed by atoms with van der Waals surface area (Å²) in [5, 5.41) is 1.42. The molecule has 1 fully saturated rings. The molecule has 0 radical (unpaired) electrons. The van der Waals surface area contributed by atoms with Crippen molar-refractivity contribution in [1.82, 2.24) is 4.98 Å². The number of hydrogen-bond acceptors (Lipinski definition) is 3. The Morgan fingerprint density at radius 1 is 1.44 bits per heavy atom. The van der Waals surface area contributed by atoms with Gasteiger partial charge in [-0.05, 0) is 46.5 Å². The number of nitrogens with zero attached hydrogens (tertiary/aromatic N) is 1. The Bertz CT molecular complexity index is 593. The molecule has 3 rings (SSSR count). The largest absolute Gasteiger partial charge is 0.375 e. The Balaban J connectivity index is 1.89. The Morgan fingerprint density at radius 3 is 2.89 bits per heavy atom. The van der Waals surface area contributed by atoms with E-state index in [0.29, 0.717) is 11.0 Å². The summed E-state index contributed by atoms with van der Waals surface area (Å²) in [6.45, 7) is 0. The van der Waals surface area contributed by atoms with E-state index >= 15 is 0 Å². The molecule has 2 aromatic rings. The predicted molar refractivity (Wildman–Crippen MR) is 80.5 cm³/mol. The summed E-state index contributed by atoms with van der Waals surface area (Å²) >= 11 is 11.1. The van der Waals surface area contributed by atoms with Gasteiger partial charge < -0.3 is 5.73 Å². The van der Waals surface area contributed by atoms with Gasteiger partial charge in [-0.1, -0.05) is 17.7 Å². The zero-order valence-corrected chi connectivity index (χ0v) is 12.8. The van der Waals surface area contributed by atoms with Gasteiger partial charge in [0.2, 0.25) is 0 Å². The molecule has 1 aromatic carbocycles. The van der Waals surface area contributed by atoms with Gasteiger partial charge in [0.1, 0.15) is 0 Å². The molecule has 0 atom stereocenters. The molecule has 2 nitrogen and oxygen atoms in total. The van der Waals surface area contributed by atoms with Crippen molar-refractivity contribution in [3.05, 3.63) is 43.8 Å². The predicted octanol–water partition coefficient (Wildman–Crippen LogP) is 4.61. The van der Waals surface area contributed by atoms with Crippen molar-refractivity contribution >= 4 is 44.0 Å². The summed E-state index contributed by atoms with van der Waals surface area (Å²) < 4.78 is 0.930. The Morgan fingerprint density at radius 2 is 2.22 bits per heavy atom. The highest BCUT2D eigenvalue weighted by atomic mass is 79.9. The van der Waals surface area contributed by atoms with Crippen LogP contribution in [0.5, 0.6) is 0 Å². The van der Waals surface area contributed by atoms with Gasteiger partial charge >= 0.3 is 0 Å². The first kappa shape index (κ1) is 12.5. The van der Waals surface area contributed by atoms with Gasteiger partial charge in [-0.25, -0.2) is 4.98 Å². The third-order valence-electron chi connectivity index (χ3n) is 3.06. The number of benzene rings is 1. The molecule has 2 N–H and O–H groups in total. The van der Waals surface area contributed by atoms with E-state index < -0.39 is 0 Å². The zero-order chi connectivity index (χ0) is 12.7. The number of nitrogen functional groups attached to an aromatic ring is 1. The molecule has 1 aliphatic carbocycles. The average Bonchev–Trinajstić information content (AvgIpc) is 3.09. The van der Waals surface area contributed by atoms with Gasteiger partial charge in [0.05, 0.1) is 10.7 Å². The highest BCUT2D eigenvalue weighted by Crippen LogP contribution is 2.43. The van der Waals surface area contributed by atoms with Gasteiger partial charge in [0, 0.05) is 21.7 Å². The van der Waals surface area contributed by atoms with Gasteiger partial charge in [0.15, 0.2) is 5.13 Å². The lowest BCUT2D eigenvalue weighted by Crippen LogP contribution is -1.91. The second kappa shape index (κ2) is 4.83. The molecule has 0 spiro atoms. The fourth-order valence-electron chi connectivity index (χ4n) is 2.02. The van der Waals surface area contributed by atoms with Crippen molar-refractivity contribution < 1.29 is 0 Å². The summed E-state index contributed by atoms with van der Waals surface area (Å²) in [7, 11) is 0. The fraction of sp³-hybridized carbons (Fsp3) is 0.308. The maximum atomic E-state index is 6.12. The lowest BCUT2D eigenvalue weighted by atomic mass is 10.1. The van der Waals surface area contributed by atoms with Crippen molar-refractivity contribution in [3.8, 4) is 0 Å². The summed E-state index contributed by atoms with van der Waals surface area (Å²) in [6.07, 6.45) is 3.36. The van der Waals surface area contributed by atoms with Gasteiger partial charge in [-0.2, -0.15) is 0 Å². The van der Waals surface area contributed by atoms with E-state index in [1.54, 1.807) is 11.3 Å². The van der Waals surface area contributed by atoms with Gasteiger partial charge in [-0.3, -0.25) is 0 Å². The minimum Gasteiger partial charge on any atom is -0.375 e. The van der Waals surface area contributed by atoms with Crippen LogP contribution in [0.15, 0.2) is 22.7 Å². The molecular weight excluding hydrogens is 332 g/mol. The fourth-order valence-corrected chi connectivity index (χ4v) is 3.42. The van der Waals surface area contributed by atoms with E-state index in [9.17, 15) is 0 Å². The lowest BCUT2D eigenvalue weighted by molar-refractivity contribution is 1.01. The van der Waals surface area contributed by atoms with Crippen LogP contribution in [0.4, 0.5) is 5.13 Å². The molecule has 0 aliphatic heterocycles. The van der Waals surface area contributed by atoms with E-state index in [1.807, 2.05) is 12.1 Å². The molecule has 0 bridgehead atoms. The number of nitrogens with two attached hydrogens (primary N) is 1. The second-order valence-corrected chi connectivity index (χ2v) is 6.94. The number of anilines is 1. The third-order valence-corrected chi connectivity index (χ3v) is 5.19. The first-order chi connectivity index (χ1) is 8.63. The molecule has 0 amide bonds. The SMILES string of the molecule is Nc1nc(C2CC2)c(Cc2ccc(Br)c(Cl)c2)s1. The molecule has 18 heavy (non-hydrogen) atoms. The highest BCUT2D eigenvalue weighted by Gasteiger charge is 2.29. The van der Waals surface area contributed by atoms with E-state index in [0.717, 1.165) is 15.9 Å². The van der Waals surface area contributed by atoms with E-state index in [1.165, 1.54) is 29.0 Å². The van der Waals surface area contributed by atoms with Crippen molar-refractivity contribution in [1.29, 1.82) is 0 Å². The monoisotopic (exact) mass is 342 g/mol. The minimum atomic E-state index is 0.638. The molecule has 1 aromatic heterocycles. The van der Waals surface area contributed by atoms with E-state index in [-0.39, 0.29) is 0 Å². The molecule has 0 unspecified atom stereocenters. The quantitative estimate of drug-likeness (QED) is 0.884. The second-order valence-electron chi connectivity index (χ2n) is 4.56. The number of hydrogen-bond donors (Lipinski definition) is 1. The maximum absolute atomic E-state index is 6.12. The summed E-state index contributed by atoms with van der Waals surface area (Å²) in [4.78, 5) is 5.75. The van der Waals surface area contributed by atoms with E-state index in [4.69, 9.17) is 17.3 Å². The van der Waals surface area contributed by atoms with Crippen LogP contribution >= 0.6 is 38.9 Å². The molecule has 1 saturated carbocycles. The van der Waals surface area contributed by atoms with Gasteiger partial charge in [0.25, 0.3) is 0 Å². The summed E-state index contributed by atoms with van der Waals surface area (Å²) in [6, 6.07) is 6.07. The van der Waals surface area contributed by atoms with E-state index in [2.05, 4.69) is 27.0 Å². The minimum absolute atomic E-state index is 0.638. The number of halogens is 2. The van der Waals surface area contributed by atoms with Crippen molar-refractivity contribution in [3.63, 3.8) is 0 Å². The molecular formula is C13H12BrClN2S. The summed E-state index contributed by atoms with van der Waals surface area (Å²) in [5.74, 6) is 0.638. The van der Waals surface area contributed by atoms with Crippen LogP contribution in [0.2, 0.25) is 5.02 Å². The molecule has 5 heteroatoms. The first-order valence-corrected chi connectivity index (χ1v) is 7.81. The van der Waals surface area contributed by atoms with Crippen LogP contribution in [-0.4, -0.2) is 4.98 Å². The van der Waals surface area contributed by atoms with Crippen LogP contribution in [0.1, 0.15) is 34.9 Å². The molecule has 1 heterocycles. The average molecular weight is 344 g/mol. The number of thiazole rings is 1. The maximum Gasteiger partial charge on any atom is 0.180 e. The first-order valence-electron chi connectivity index (χ1n) is 5.82. The van der Waals surface area contributed by atoms with Crippen molar-refractivity contribution in [2.45, 2.75) is 25.2 Å². The molecule has 1 aliphatic rings. The number of rotatable bonds is 3. The van der Waals surface area contributed by atoms with Crippen LogP contribution < -0.4 is 5.73 Å².